The fourth-order valence-corrected chi connectivity index (χ4v) is 1.21. The number of halogens is 3. The van der Waals surface area contributed by atoms with Crippen LogP contribution in [0.15, 0.2) is 30.6 Å². The molecular weight excluding hydrogens is 180 g/mol. The number of aromatic nitrogens is 2. The zero-order valence-electron chi connectivity index (χ0n) is 6.49. The van der Waals surface area contributed by atoms with Gasteiger partial charge in [-0.1, -0.05) is 11.5 Å². The van der Waals surface area contributed by atoms with Crippen LogP contribution in [0.1, 0.15) is 0 Å². The van der Waals surface area contributed by atoms with Crippen molar-refractivity contribution >= 4 is 18.0 Å². The van der Waals surface area contributed by atoms with Gasteiger partial charge in [0.1, 0.15) is 0 Å². The lowest BCUT2D eigenvalue weighted by atomic mass is 9.81. The van der Waals surface area contributed by atoms with Crippen molar-refractivity contribution in [2.24, 2.45) is 0 Å². The maximum absolute atomic E-state index is 12.4. The fourth-order valence-electron chi connectivity index (χ4n) is 1.21. The largest absolute Gasteiger partial charge is 0.513 e. The number of rotatable bonds is 1. The van der Waals surface area contributed by atoms with Gasteiger partial charge in [0.2, 0.25) is 0 Å². The van der Waals surface area contributed by atoms with Crippen molar-refractivity contribution in [1.82, 2.24) is 9.61 Å². The summed E-state index contributed by atoms with van der Waals surface area (Å²) in [6, 6.07) is 4.59. The highest BCUT2D eigenvalue weighted by Gasteiger charge is 2.28. The summed E-state index contributed by atoms with van der Waals surface area (Å²) in [6.07, 6.45) is 2.34. The van der Waals surface area contributed by atoms with E-state index in [1.165, 1.54) is 16.8 Å². The monoisotopic (exact) mass is 185 g/mol. The second-order valence-electron chi connectivity index (χ2n) is 2.71. The zero-order valence-corrected chi connectivity index (χ0v) is 6.49. The van der Waals surface area contributed by atoms with E-state index in [9.17, 15) is 12.9 Å². The summed E-state index contributed by atoms with van der Waals surface area (Å²) >= 11 is 0. The molecule has 13 heavy (non-hydrogen) atoms. The van der Waals surface area contributed by atoms with Crippen molar-refractivity contribution in [2.75, 3.05) is 0 Å². The molecule has 0 saturated heterocycles. The molecule has 2 aromatic heterocycles. The van der Waals surface area contributed by atoms with Gasteiger partial charge in [-0.15, -0.1) is 0 Å². The molecule has 68 valence electrons. The Morgan fingerprint density at radius 2 is 2.00 bits per heavy atom. The van der Waals surface area contributed by atoms with Gasteiger partial charge < -0.3 is 12.9 Å². The Morgan fingerprint density at radius 3 is 2.69 bits per heavy atom. The van der Waals surface area contributed by atoms with Crippen molar-refractivity contribution in [3.8, 4) is 0 Å². The van der Waals surface area contributed by atoms with Gasteiger partial charge in [0.05, 0.1) is 0 Å². The third kappa shape index (κ3) is 1.28. The highest BCUT2D eigenvalue weighted by molar-refractivity contribution is 6.75. The van der Waals surface area contributed by atoms with Crippen molar-refractivity contribution in [1.29, 1.82) is 0 Å². The lowest BCUT2D eigenvalue weighted by Gasteiger charge is -2.11. The van der Waals surface area contributed by atoms with E-state index in [0.717, 1.165) is 6.20 Å². The lowest BCUT2D eigenvalue weighted by molar-refractivity contribution is 0.501. The molecule has 0 fully saturated rings. The molecule has 0 aliphatic rings. The standard InChI is InChI=1S/C7H5BF3N2/c9-8(10,11)6-5-12-13-4-2-1-3-7(6)13/h1-5H/q-1. The summed E-state index contributed by atoms with van der Waals surface area (Å²) < 4.78 is 38.3. The minimum atomic E-state index is -4.96. The molecule has 0 amide bonds. The second-order valence-corrected chi connectivity index (χ2v) is 2.71. The van der Waals surface area contributed by atoms with E-state index in [-0.39, 0.29) is 5.52 Å². The summed E-state index contributed by atoms with van der Waals surface area (Å²) in [5.74, 6) is 0. The normalized spacial score (nSPS) is 12.2. The van der Waals surface area contributed by atoms with Crippen LogP contribution in [-0.4, -0.2) is 16.6 Å². The zero-order chi connectivity index (χ0) is 9.47. The van der Waals surface area contributed by atoms with E-state index < -0.39 is 12.4 Å². The molecule has 2 rings (SSSR count). The van der Waals surface area contributed by atoms with E-state index in [2.05, 4.69) is 5.10 Å². The summed E-state index contributed by atoms with van der Waals surface area (Å²) in [6.45, 7) is -4.96. The summed E-state index contributed by atoms with van der Waals surface area (Å²) in [7, 11) is 0. The summed E-state index contributed by atoms with van der Waals surface area (Å²) in [5, 5.41) is 3.60. The molecule has 0 aromatic carbocycles. The van der Waals surface area contributed by atoms with Crippen molar-refractivity contribution < 1.29 is 12.9 Å². The highest BCUT2D eigenvalue weighted by Crippen LogP contribution is 2.12. The SMILES string of the molecule is F[B-](F)(F)c1cnn2ccccc12. The van der Waals surface area contributed by atoms with Crippen LogP contribution in [0.4, 0.5) is 12.9 Å². The van der Waals surface area contributed by atoms with Crippen molar-refractivity contribution in [3.05, 3.63) is 30.6 Å². The maximum atomic E-state index is 12.4. The molecule has 2 aromatic rings. The van der Waals surface area contributed by atoms with Gasteiger partial charge in [-0.3, -0.25) is 0 Å². The Kier molecular flexibility index (Phi) is 1.58. The van der Waals surface area contributed by atoms with Gasteiger partial charge in [0.15, 0.2) is 0 Å². The Labute approximate surface area is 72.0 Å². The van der Waals surface area contributed by atoms with Crippen LogP contribution < -0.4 is 5.46 Å². The molecule has 0 aliphatic carbocycles. The van der Waals surface area contributed by atoms with E-state index in [1.807, 2.05) is 0 Å². The molecule has 6 heteroatoms. The Bertz CT molecular complexity index is 434. The molecular formula is C7H5BF3N2-. The smallest absolute Gasteiger partial charge is 0.445 e. The number of fused-ring (bicyclic) bond motifs is 1. The molecule has 0 bridgehead atoms. The minimum Gasteiger partial charge on any atom is -0.445 e. The molecule has 0 aliphatic heterocycles. The average Bonchev–Trinajstić information content (AvgIpc) is 2.45. The van der Waals surface area contributed by atoms with Crippen LogP contribution in [0.5, 0.6) is 0 Å². The predicted octanol–water partition coefficient (Wildman–Crippen LogP) is 1.39. The Hall–Kier alpha value is -1.46. The molecule has 0 unspecified atom stereocenters. The maximum Gasteiger partial charge on any atom is 0.513 e. The van der Waals surface area contributed by atoms with Gasteiger partial charge in [0, 0.05) is 17.9 Å². The molecule has 0 radical (unpaired) electrons. The van der Waals surface area contributed by atoms with Crippen LogP contribution >= 0.6 is 0 Å². The van der Waals surface area contributed by atoms with Crippen LogP contribution in [0.3, 0.4) is 0 Å². The lowest BCUT2D eigenvalue weighted by Crippen LogP contribution is -2.33. The first kappa shape index (κ1) is 8.16. The Morgan fingerprint density at radius 1 is 1.23 bits per heavy atom. The van der Waals surface area contributed by atoms with E-state index in [0.29, 0.717) is 0 Å². The Balaban J connectivity index is 2.72. The highest BCUT2D eigenvalue weighted by atomic mass is 19.4. The first-order chi connectivity index (χ1) is 6.09. The molecule has 2 heterocycles. The number of nitrogens with zero attached hydrogens (tertiary/aromatic N) is 2. The van der Waals surface area contributed by atoms with Gasteiger partial charge >= 0.3 is 6.98 Å². The third-order valence-electron chi connectivity index (χ3n) is 1.81. The fraction of sp³-hybridized carbons (Fsp3) is 0. The first-order valence-electron chi connectivity index (χ1n) is 3.71. The first-order valence-corrected chi connectivity index (χ1v) is 3.71. The summed E-state index contributed by atoms with van der Waals surface area (Å²) in [5.41, 5.74) is -0.532. The minimum absolute atomic E-state index is 0.106. The van der Waals surface area contributed by atoms with Gasteiger partial charge in [-0.05, 0) is 12.1 Å². The average molecular weight is 185 g/mol. The van der Waals surface area contributed by atoms with Gasteiger partial charge in [0.25, 0.3) is 0 Å². The number of pyridine rings is 1. The van der Waals surface area contributed by atoms with Crippen LogP contribution in [0.25, 0.3) is 5.52 Å². The summed E-state index contributed by atoms with van der Waals surface area (Å²) in [4.78, 5) is 0. The number of hydrogen-bond acceptors (Lipinski definition) is 1. The second kappa shape index (κ2) is 2.51. The molecule has 2 nitrogen and oxygen atoms in total. The quantitative estimate of drug-likeness (QED) is 0.613. The van der Waals surface area contributed by atoms with Crippen LogP contribution in [-0.2, 0) is 0 Å². The van der Waals surface area contributed by atoms with Crippen LogP contribution in [0, 0.1) is 0 Å². The molecule has 0 N–H and O–H groups in total. The number of hydrogen-bond donors (Lipinski definition) is 0. The van der Waals surface area contributed by atoms with Crippen molar-refractivity contribution in [3.63, 3.8) is 0 Å². The van der Waals surface area contributed by atoms with E-state index >= 15 is 0 Å². The topological polar surface area (TPSA) is 17.3 Å². The van der Waals surface area contributed by atoms with Crippen molar-refractivity contribution in [2.45, 2.75) is 0 Å². The van der Waals surface area contributed by atoms with Gasteiger partial charge in [-0.2, -0.15) is 5.10 Å². The van der Waals surface area contributed by atoms with Crippen LogP contribution in [0.2, 0.25) is 0 Å². The predicted molar refractivity (Wildman–Crippen MR) is 43.9 cm³/mol. The molecule has 0 atom stereocenters. The van der Waals surface area contributed by atoms with E-state index in [4.69, 9.17) is 0 Å². The molecule has 0 spiro atoms. The third-order valence-corrected chi connectivity index (χ3v) is 1.81. The van der Waals surface area contributed by atoms with E-state index in [1.54, 1.807) is 12.1 Å². The molecule has 0 saturated carbocycles. The van der Waals surface area contributed by atoms with Gasteiger partial charge in [-0.25, -0.2) is 4.52 Å².